The lowest BCUT2D eigenvalue weighted by molar-refractivity contribution is 0.382. The van der Waals surface area contributed by atoms with Crippen LogP contribution < -0.4 is 15.8 Å². The molecule has 1 atom stereocenters. The van der Waals surface area contributed by atoms with Gasteiger partial charge < -0.3 is 15.8 Å². The van der Waals surface area contributed by atoms with Crippen molar-refractivity contribution in [3.05, 3.63) is 23.8 Å². The van der Waals surface area contributed by atoms with E-state index in [0.29, 0.717) is 6.04 Å². The SMILES string of the molecule is COc1ccc(N)c(CCC2CCCCN2)c1. The van der Waals surface area contributed by atoms with E-state index in [1.165, 1.54) is 24.8 Å². The molecule has 1 heterocycles. The highest BCUT2D eigenvalue weighted by Crippen LogP contribution is 2.22. The first-order chi connectivity index (χ1) is 8.29. The monoisotopic (exact) mass is 234 g/mol. The van der Waals surface area contributed by atoms with Crippen molar-refractivity contribution in [1.29, 1.82) is 0 Å². The second-order valence-corrected chi connectivity index (χ2v) is 4.75. The van der Waals surface area contributed by atoms with E-state index in [1.807, 2.05) is 12.1 Å². The van der Waals surface area contributed by atoms with Crippen molar-refractivity contribution in [3.8, 4) is 5.75 Å². The van der Waals surface area contributed by atoms with Gasteiger partial charge >= 0.3 is 0 Å². The zero-order chi connectivity index (χ0) is 12.1. The number of nitrogens with one attached hydrogen (secondary N) is 1. The first-order valence-corrected chi connectivity index (χ1v) is 6.45. The summed E-state index contributed by atoms with van der Waals surface area (Å²) in [6, 6.07) is 6.56. The third kappa shape index (κ3) is 3.37. The van der Waals surface area contributed by atoms with E-state index in [4.69, 9.17) is 10.5 Å². The molecule has 94 valence electrons. The third-order valence-electron chi connectivity index (χ3n) is 3.52. The minimum absolute atomic E-state index is 0.661. The molecule has 0 bridgehead atoms. The topological polar surface area (TPSA) is 47.3 Å². The molecular weight excluding hydrogens is 212 g/mol. The molecular formula is C14H22N2O. The fourth-order valence-electron chi connectivity index (χ4n) is 2.43. The van der Waals surface area contributed by atoms with Gasteiger partial charge in [-0.2, -0.15) is 0 Å². The Labute approximate surface area is 103 Å². The first-order valence-electron chi connectivity index (χ1n) is 6.45. The van der Waals surface area contributed by atoms with Gasteiger partial charge in [0.1, 0.15) is 5.75 Å². The lowest BCUT2D eigenvalue weighted by atomic mass is 9.97. The van der Waals surface area contributed by atoms with Crippen LogP contribution in [0.2, 0.25) is 0 Å². The molecule has 17 heavy (non-hydrogen) atoms. The maximum absolute atomic E-state index is 5.98. The van der Waals surface area contributed by atoms with Crippen LogP contribution in [0, 0.1) is 0 Å². The lowest BCUT2D eigenvalue weighted by Crippen LogP contribution is -2.34. The van der Waals surface area contributed by atoms with Crippen LogP contribution in [0.15, 0.2) is 18.2 Å². The summed E-state index contributed by atoms with van der Waals surface area (Å²) in [6.07, 6.45) is 6.16. The van der Waals surface area contributed by atoms with Gasteiger partial charge in [0.15, 0.2) is 0 Å². The molecule has 1 fully saturated rings. The summed E-state index contributed by atoms with van der Waals surface area (Å²) >= 11 is 0. The number of rotatable bonds is 4. The molecule has 1 unspecified atom stereocenters. The predicted molar refractivity (Wildman–Crippen MR) is 71.4 cm³/mol. The Morgan fingerprint density at radius 2 is 2.29 bits per heavy atom. The van der Waals surface area contributed by atoms with E-state index in [0.717, 1.165) is 30.8 Å². The molecule has 1 aliphatic rings. The molecule has 0 aromatic heterocycles. The quantitative estimate of drug-likeness (QED) is 0.786. The van der Waals surface area contributed by atoms with E-state index in [2.05, 4.69) is 11.4 Å². The molecule has 1 aliphatic heterocycles. The number of nitrogens with two attached hydrogens (primary N) is 1. The van der Waals surface area contributed by atoms with E-state index < -0.39 is 0 Å². The van der Waals surface area contributed by atoms with Crippen molar-refractivity contribution in [2.75, 3.05) is 19.4 Å². The number of aryl methyl sites for hydroxylation is 1. The zero-order valence-electron chi connectivity index (χ0n) is 10.5. The summed E-state index contributed by atoms with van der Waals surface area (Å²) in [5, 5.41) is 3.57. The van der Waals surface area contributed by atoms with Crippen molar-refractivity contribution in [2.24, 2.45) is 0 Å². The lowest BCUT2D eigenvalue weighted by Gasteiger charge is -2.23. The van der Waals surface area contributed by atoms with E-state index >= 15 is 0 Å². The van der Waals surface area contributed by atoms with Crippen molar-refractivity contribution in [1.82, 2.24) is 5.32 Å². The highest BCUT2D eigenvalue weighted by molar-refractivity contribution is 5.50. The van der Waals surface area contributed by atoms with Crippen LogP contribution in [0.5, 0.6) is 5.75 Å². The molecule has 1 aromatic carbocycles. The Kier molecular flexibility index (Phi) is 4.26. The Bertz CT molecular complexity index is 359. The normalized spacial score (nSPS) is 20.2. The number of hydrogen-bond donors (Lipinski definition) is 2. The van der Waals surface area contributed by atoms with Crippen LogP contribution in [0.4, 0.5) is 5.69 Å². The molecule has 2 rings (SSSR count). The molecule has 3 nitrogen and oxygen atoms in total. The number of piperidine rings is 1. The summed E-state index contributed by atoms with van der Waals surface area (Å²) in [6.45, 7) is 1.16. The van der Waals surface area contributed by atoms with E-state index in [1.54, 1.807) is 7.11 Å². The summed E-state index contributed by atoms with van der Waals surface area (Å²) in [7, 11) is 1.69. The minimum atomic E-state index is 0.661. The summed E-state index contributed by atoms with van der Waals surface area (Å²) < 4.78 is 5.23. The van der Waals surface area contributed by atoms with Gasteiger partial charge in [-0.05, 0) is 56.0 Å². The Hall–Kier alpha value is -1.22. The van der Waals surface area contributed by atoms with E-state index in [9.17, 15) is 0 Å². The van der Waals surface area contributed by atoms with Gasteiger partial charge in [0.2, 0.25) is 0 Å². The number of ether oxygens (including phenoxy) is 1. The van der Waals surface area contributed by atoms with Gasteiger partial charge in [0.25, 0.3) is 0 Å². The van der Waals surface area contributed by atoms with Crippen molar-refractivity contribution in [3.63, 3.8) is 0 Å². The summed E-state index contributed by atoms with van der Waals surface area (Å²) in [4.78, 5) is 0. The standard InChI is InChI=1S/C14H22N2O/c1-17-13-7-8-14(15)11(10-13)5-6-12-4-2-3-9-16-12/h7-8,10,12,16H,2-6,9,15H2,1H3. The molecule has 0 radical (unpaired) electrons. The highest BCUT2D eigenvalue weighted by atomic mass is 16.5. The van der Waals surface area contributed by atoms with Crippen LogP contribution >= 0.6 is 0 Å². The molecule has 1 aromatic rings. The number of hydrogen-bond acceptors (Lipinski definition) is 3. The van der Waals surface area contributed by atoms with Crippen molar-refractivity contribution >= 4 is 5.69 Å². The predicted octanol–water partition coefficient (Wildman–Crippen LogP) is 2.35. The Morgan fingerprint density at radius 1 is 1.41 bits per heavy atom. The maximum Gasteiger partial charge on any atom is 0.119 e. The molecule has 3 N–H and O–H groups in total. The molecule has 0 saturated carbocycles. The Balaban J connectivity index is 1.92. The van der Waals surface area contributed by atoms with E-state index in [-0.39, 0.29) is 0 Å². The number of methoxy groups -OCH3 is 1. The smallest absolute Gasteiger partial charge is 0.119 e. The first kappa shape index (κ1) is 12.2. The fourth-order valence-corrected chi connectivity index (χ4v) is 2.43. The van der Waals surface area contributed by atoms with Crippen molar-refractivity contribution in [2.45, 2.75) is 38.1 Å². The highest BCUT2D eigenvalue weighted by Gasteiger charge is 2.13. The van der Waals surface area contributed by atoms with Crippen molar-refractivity contribution < 1.29 is 4.74 Å². The maximum atomic E-state index is 5.98. The number of nitrogen functional groups attached to an aromatic ring is 1. The number of anilines is 1. The molecule has 0 aliphatic carbocycles. The summed E-state index contributed by atoms with van der Waals surface area (Å²) in [5.41, 5.74) is 8.07. The third-order valence-corrected chi connectivity index (χ3v) is 3.52. The Morgan fingerprint density at radius 3 is 3.00 bits per heavy atom. The average Bonchev–Trinajstić information content (AvgIpc) is 2.39. The van der Waals surface area contributed by atoms with Gasteiger partial charge in [-0.1, -0.05) is 6.42 Å². The minimum Gasteiger partial charge on any atom is -0.497 e. The largest absolute Gasteiger partial charge is 0.497 e. The zero-order valence-corrected chi connectivity index (χ0v) is 10.5. The van der Waals surface area contributed by atoms with Gasteiger partial charge in [0.05, 0.1) is 7.11 Å². The van der Waals surface area contributed by atoms with Gasteiger partial charge in [-0.15, -0.1) is 0 Å². The van der Waals surface area contributed by atoms with Gasteiger partial charge in [-0.3, -0.25) is 0 Å². The average molecular weight is 234 g/mol. The summed E-state index contributed by atoms with van der Waals surface area (Å²) in [5.74, 6) is 0.894. The van der Waals surface area contributed by atoms with Crippen LogP contribution in [-0.4, -0.2) is 19.7 Å². The van der Waals surface area contributed by atoms with Crippen LogP contribution in [0.1, 0.15) is 31.2 Å². The van der Waals surface area contributed by atoms with Crippen LogP contribution in [0.3, 0.4) is 0 Å². The van der Waals surface area contributed by atoms with Crippen LogP contribution in [-0.2, 0) is 6.42 Å². The van der Waals surface area contributed by atoms with Gasteiger partial charge in [0, 0.05) is 11.7 Å². The molecule has 1 saturated heterocycles. The second-order valence-electron chi connectivity index (χ2n) is 4.75. The molecule has 0 spiro atoms. The molecule has 0 amide bonds. The second kappa shape index (κ2) is 5.92. The molecule has 3 heteroatoms. The fraction of sp³-hybridized carbons (Fsp3) is 0.571. The number of benzene rings is 1. The van der Waals surface area contributed by atoms with Crippen LogP contribution in [0.25, 0.3) is 0 Å². The van der Waals surface area contributed by atoms with Gasteiger partial charge in [-0.25, -0.2) is 0 Å².